The van der Waals surface area contributed by atoms with Gasteiger partial charge in [-0.05, 0) is 56.5 Å². The quantitative estimate of drug-likeness (QED) is 0.526. The molecule has 0 aliphatic rings. The number of carbonyl (C=O) groups is 3. The van der Waals surface area contributed by atoms with Crippen LogP contribution in [-0.4, -0.2) is 42.1 Å². The summed E-state index contributed by atoms with van der Waals surface area (Å²) < 4.78 is 29.8. The number of amides is 1. The minimum atomic E-state index is -1.02. The van der Waals surface area contributed by atoms with Crippen LogP contribution in [0.1, 0.15) is 67.7 Å². The van der Waals surface area contributed by atoms with Crippen LogP contribution in [0.4, 0.5) is 4.39 Å². The van der Waals surface area contributed by atoms with E-state index in [1.54, 1.807) is 20.8 Å². The summed E-state index contributed by atoms with van der Waals surface area (Å²) in [5.41, 5.74) is 2.25. The van der Waals surface area contributed by atoms with Gasteiger partial charge in [0.05, 0.1) is 13.0 Å². The van der Waals surface area contributed by atoms with Gasteiger partial charge in [-0.25, -0.2) is 14.2 Å². The van der Waals surface area contributed by atoms with Crippen LogP contribution in [0.25, 0.3) is 0 Å². The maximum atomic E-state index is 13.7. The standard InChI is InChI=1S/C26H33FN2O6/c1-13(2)25(31)35-23-20(33-8)9-10-28-22(23)24(30)29-17(6)26(32)34-18(7)16(5)21-14(3)11-19(27)12-15(21)4/h9-13,16-18H,1-8H3,(H,29,30)/t16-,17-,18+/m0/s1. The lowest BCUT2D eigenvalue weighted by Gasteiger charge is -2.25. The van der Waals surface area contributed by atoms with Crippen molar-refractivity contribution in [3.05, 3.63) is 52.6 Å². The lowest BCUT2D eigenvalue weighted by Crippen LogP contribution is -2.41. The molecule has 0 bridgehead atoms. The monoisotopic (exact) mass is 488 g/mol. The molecule has 0 saturated carbocycles. The number of benzene rings is 1. The van der Waals surface area contributed by atoms with Crippen molar-refractivity contribution >= 4 is 17.8 Å². The molecule has 8 nitrogen and oxygen atoms in total. The first-order valence-electron chi connectivity index (χ1n) is 11.4. The highest BCUT2D eigenvalue weighted by Crippen LogP contribution is 2.31. The Kier molecular flexibility index (Phi) is 9.33. The Hall–Kier alpha value is -3.49. The van der Waals surface area contributed by atoms with Gasteiger partial charge >= 0.3 is 11.9 Å². The fourth-order valence-electron chi connectivity index (χ4n) is 3.66. The number of methoxy groups -OCH3 is 1. The maximum Gasteiger partial charge on any atom is 0.328 e. The minimum absolute atomic E-state index is 0.129. The van der Waals surface area contributed by atoms with Crippen LogP contribution in [0.3, 0.4) is 0 Å². The number of nitrogens with one attached hydrogen (secondary N) is 1. The van der Waals surface area contributed by atoms with E-state index in [0.29, 0.717) is 0 Å². The topological polar surface area (TPSA) is 104 Å². The molecule has 1 heterocycles. The van der Waals surface area contributed by atoms with E-state index in [0.717, 1.165) is 16.7 Å². The van der Waals surface area contributed by atoms with Crippen molar-refractivity contribution in [1.29, 1.82) is 0 Å². The number of ether oxygens (including phenoxy) is 3. The van der Waals surface area contributed by atoms with Gasteiger partial charge in [0.25, 0.3) is 5.91 Å². The third kappa shape index (κ3) is 6.77. The van der Waals surface area contributed by atoms with Crippen molar-refractivity contribution in [3.63, 3.8) is 0 Å². The lowest BCUT2D eigenvalue weighted by atomic mass is 9.88. The molecule has 1 N–H and O–H groups in total. The fourth-order valence-corrected chi connectivity index (χ4v) is 3.66. The number of rotatable bonds is 9. The molecule has 9 heteroatoms. The fraction of sp³-hybridized carbons (Fsp3) is 0.462. The van der Waals surface area contributed by atoms with Crippen LogP contribution in [0.2, 0.25) is 0 Å². The van der Waals surface area contributed by atoms with Gasteiger partial charge in [0, 0.05) is 18.2 Å². The first-order chi connectivity index (χ1) is 16.4. The van der Waals surface area contributed by atoms with E-state index >= 15 is 0 Å². The van der Waals surface area contributed by atoms with Gasteiger partial charge in [-0.2, -0.15) is 0 Å². The zero-order valence-electron chi connectivity index (χ0n) is 21.4. The van der Waals surface area contributed by atoms with Crippen LogP contribution in [0, 0.1) is 25.6 Å². The predicted molar refractivity (Wildman–Crippen MR) is 128 cm³/mol. The van der Waals surface area contributed by atoms with E-state index in [1.807, 2.05) is 20.8 Å². The molecular formula is C26H33FN2O6. The first-order valence-corrected chi connectivity index (χ1v) is 11.4. The van der Waals surface area contributed by atoms with Gasteiger partial charge in [0.2, 0.25) is 5.75 Å². The lowest BCUT2D eigenvalue weighted by molar-refractivity contribution is -0.151. The molecule has 0 radical (unpaired) electrons. The SMILES string of the molecule is COc1ccnc(C(=O)N[C@@H](C)C(=O)O[C@H](C)[C@H](C)c2c(C)cc(F)cc2C)c1OC(=O)C(C)C. The third-order valence-corrected chi connectivity index (χ3v) is 5.70. The molecule has 2 aromatic rings. The minimum Gasteiger partial charge on any atom is -0.493 e. The summed E-state index contributed by atoms with van der Waals surface area (Å²) in [6.45, 7) is 12.0. The number of carbonyl (C=O) groups excluding carboxylic acids is 3. The van der Waals surface area contributed by atoms with Crippen LogP contribution < -0.4 is 14.8 Å². The van der Waals surface area contributed by atoms with Crippen molar-refractivity contribution < 1.29 is 33.0 Å². The molecule has 3 atom stereocenters. The highest BCUT2D eigenvalue weighted by atomic mass is 19.1. The molecule has 0 aliphatic heterocycles. The van der Waals surface area contributed by atoms with Gasteiger partial charge in [-0.3, -0.25) is 9.59 Å². The third-order valence-electron chi connectivity index (χ3n) is 5.70. The summed E-state index contributed by atoms with van der Waals surface area (Å²) in [5, 5.41) is 2.53. The molecule has 0 aliphatic carbocycles. The number of esters is 2. The second kappa shape index (κ2) is 11.8. The highest BCUT2D eigenvalue weighted by Gasteiger charge is 2.28. The van der Waals surface area contributed by atoms with Gasteiger partial charge < -0.3 is 19.5 Å². The molecule has 0 spiro atoms. The van der Waals surface area contributed by atoms with E-state index in [1.165, 1.54) is 38.4 Å². The summed E-state index contributed by atoms with van der Waals surface area (Å²) in [5.74, 6) is -2.89. The van der Waals surface area contributed by atoms with Crippen molar-refractivity contribution in [1.82, 2.24) is 10.3 Å². The van der Waals surface area contributed by atoms with Crippen LogP contribution in [-0.2, 0) is 14.3 Å². The Morgan fingerprint density at radius 1 is 1.00 bits per heavy atom. The summed E-state index contributed by atoms with van der Waals surface area (Å²) in [7, 11) is 1.37. The zero-order chi connectivity index (χ0) is 26.4. The summed E-state index contributed by atoms with van der Waals surface area (Å²) in [4.78, 5) is 41.8. The Balaban J connectivity index is 2.14. The number of pyridine rings is 1. The van der Waals surface area contributed by atoms with Crippen molar-refractivity contribution in [3.8, 4) is 11.5 Å². The molecule has 0 unspecified atom stereocenters. The molecule has 190 valence electrons. The van der Waals surface area contributed by atoms with Gasteiger partial charge in [0.1, 0.15) is 18.0 Å². The average Bonchev–Trinajstić information content (AvgIpc) is 2.77. The number of aromatic nitrogens is 1. The van der Waals surface area contributed by atoms with E-state index in [9.17, 15) is 18.8 Å². The largest absolute Gasteiger partial charge is 0.493 e. The normalized spacial score (nSPS) is 13.5. The second-order valence-electron chi connectivity index (χ2n) is 8.85. The summed E-state index contributed by atoms with van der Waals surface area (Å²) in [6.07, 6.45) is 0.794. The smallest absolute Gasteiger partial charge is 0.328 e. The van der Waals surface area contributed by atoms with Crippen LogP contribution in [0.5, 0.6) is 11.5 Å². The molecule has 1 aromatic carbocycles. The summed E-state index contributed by atoms with van der Waals surface area (Å²) >= 11 is 0. The van der Waals surface area contributed by atoms with E-state index in [2.05, 4.69) is 10.3 Å². The Morgan fingerprint density at radius 3 is 2.14 bits per heavy atom. The van der Waals surface area contributed by atoms with E-state index in [-0.39, 0.29) is 28.9 Å². The highest BCUT2D eigenvalue weighted by molar-refractivity contribution is 5.98. The Bertz CT molecular complexity index is 1080. The van der Waals surface area contributed by atoms with Gasteiger partial charge in [0.15, 0.2) is 11.4 Å². The van der Waals surface area contributed by atoms with E-state index < -0.39 is 35.9 Å². The first kappa shape index (κ1) is 27.8. The molecule has 1 amide bonds. The second-order valence-corrected chi connectivity index (χ2v) is 8.85. The summed E-state index contributed by atoms with van der Waals surface area (Å²) in [6, 6.07) is 3.33. The molecule has 35 heavy (non-hydrogen) atoms. The molecule has 1 aromatic heterocycles. The van der Waals surface area contributed by atoms with Crippen LogP contribution in [0.15, 0.2) is 24.4 Å². The Morgan fingerprint density at radius 2 is 1.60 bits per heavy atom. The number of hydrogen-bond donors (Lipinski definition) is 1. The van der Waals surface area contributed by atoms with Gasteiger partial charge in [-0.1, -0.05) is 20.8 Å². The predicted octanol–water partition coefficient (Wildman–Crippen LogP) is 4.26. The number of halogens is 1. The van der Waals surface area contributed by atoms with Gasteiger partial charge in [-0.15, -0.1) is 0 Å². The van der Waals surface area contributed by atoms with Crippen molar-refractivity contribution in [2.24, 2.45) is 5.92 Å². The number of hydrogen-bond acceptors (Lipinski definition) is 7. The van der Waals surface area contributed by atoms with E-state index in [4.69, 9.17) is 14.2 Å². The maximum absolute atomic E-state index is 13.7. The van der Waals surface area contributed by atoms with Crippen LogP contribution >= 0.6 is 0 Å². The average molecular weight is 489 g/mol. The molecule has 0 fully saturated rings. The van der Waals surface area contributed by atoms with Crippen molar-refractivity contribution in [2.45, 2.75) is 66.5 Å². The number of aryl methyl sites for hydroxylation is 2. The molecular weight excluding hydrogens is 455 g/mol. The molecule has 0 saturated heterocycles. The Labute approximate surface area is 205 Å². The number of nitrogens with zero attached hydrogens (tertiary/aromatic N) is 1. The van der Waals surface area contributed by atoms with Crippen molar-refractivity contribution in [2.75, 3.05) is 7.11 Å². The molecule has 2 rings (SSSR count). The zero-order valence-corrected chi connectivity index (χ0v) is 21.4.